The zero-order valence-corrected chi connectivity index (χ0v) is 20.3. The number of hydrogen-bond donors (Lipinski definition) is 2. The maximum Gasteiger partial charge on any atom is 0.263 e. The van der Waals surface area contributed by atoms with E-state index in [1.807, 2.05) is 55.5 Å². The van der Waals surface area contributed by atoms with Gasteiger partial charge in [0, 0.05) is 29.4 Å². The van der Waals surface area contributed by atoms with Gasteiger partial charge in [0.1, 0.15) is 5.56 Å². The molecule has 0 saturated carbocycles. The summed E-state index contributed by atoms with van der Waals surface area (Å²) < 4.78 is 1.60. The summed E-state index contributed by atoms with van der Waals surface area (Å²) in [5.74, 6) is -0.781. The normalized spacial score (nSPS) is 14.1. The monoisotopic (exact) mass is 490 g/mol. The van der Waals surface area contributed by atoms with Gasteiger partial charge in [-0.15, -0.1) is 0 Å². The summed E-state index contributed by atoms with van der Waals surface area (Å²) in [5, 5.41) is 6.37. The van der Waals surface area contributed by atoms with Gasteiger partial charge in [-0.3, -0.25) is 19.4 Å². The molecule has 0 spiro atoms. The first-order chi connectivity index (χ1) is 18.0. The van der Waals surface area contributed by atoms with Gasteiger partial charge in [0.25, 0.3) is 17.4 Å². The summed E-state index contributed by atoms with van der Waals surface area (Å²) in [4.78, 5) is 44.2. The number of aliphatic imine (C=N–C) groups is 1. The number of carbonyl (C=O) groups excluding carboxylic acids is 2. The number of aryl methyl sites for hydroxylation is 2. The van der Waals surface area contributed by atoms with Crippen molar-refractivity contribution in [3.05, 3.63) is 118 Å². The first-order valence-electron chi connectivity index (χ1n) is 12.1. The molecule has 0 bridgehead atoms. The lowest BCUT2D eigenvalue weighted by molar-refractivity contribution is 0.101. The molecule has 1 atom stereocenters. The van der Waals surface area contributed by atoms with Crippen LogP contribution < -0.4 is 16.2 Å². The molecule has 0 saturated heterocycles. The van der Waals surface area contributed by atoms with Crippen LogP contribution in [0.2, 0.25) is 0 Å². The van der Waals surface area contributed by atoms with E-state index in [0.29, 0.717) is 40.8 Å². The van der Waals surface area contributed by atoms with Gasteiger partial charge in [-0.2, -0.15) is 0 Å². The van der Waals surface area contributed by atoms with Gasteiger partial charge in [0.2, 0.25) is 0 Å². The second-order valence-corrected chi connectivity index (χ2v) is 8.93. The van der Waals surface area contributed by atoms with Gasteiger partial charge in [0.15, 0.2) is 0 Å². The molecule has 1 aliphatic rings. The van der Waals surface area contributed by atoms with E-state index in [0.717, 1.165) is 5.56 Å². The molecule has 5 rings (SSSR count). The van der Waals surface area contributed by atoms with Crippen molar-refractivity contribution < 1.29 is 9.59 Å². The minimum atomic E-state index is -0.509. The number of pyridine rings is 1. The number of rotatable bonds is 7. The predicted molar refractivity (Wildman–Crippen MR) is 148 cm³/mol. The lowest BCUT2D eigenvalue weighted by atomic mass is 10.1. The lowest BCUT2D eigenvalue weighted by Gasteiger charge is -2.17. The number of benzene rings is 3. The molecule has 0 aliphatic carbocycles. The maximum absolute atomic E-state index is 13.6. The quantitative estimate of drug-likeness (QED) is 0.372. The van der Waals surface area contributed by atoms with Crippen LogP contribution in [0.4, 0.5) is 11.4 Å². The molecular weight excluding hydrogens is 464 g/mol. The first-order valence-corrected chi connectivity index (χ1v) is 12.1. The summed E-state index contributed by atoms with van der Waals surface area (Å²) in [5.41, 5.74) is 2.92. The van der Waals surface area contributed by atoms with Crippen molar-refractivity contribution in [2.75, 3.05) is 10.6 Å². The van der Waals surface area contributed by atoms with E-state index in [1.165, 1.54) is 0 Å². The standard InChI is InChI=1S/C30H26N4O3/c1-20-12-14-21(15-13-20)28(35)33-26-10-5-11-27-24(26)19-25(29(36)32-23-7-3-2-4-8-23)30(37)34(27)18-16-22-9-6-17-31-22/h2-15,17,19,22H,16,18H2,1H3,(H,32,36)(H,33,35). The highest BCUT2D eigenvalue weighted by Gasteiger charge is 2.19. The van der Waals surface area contributed by atoms with E-state index >= 15 is 0 Å². The smallest absolute Gasteiger partial charge is 0.263 e. The third-order valence-corrected chi connectivity index (χ3v) is 6.32. The van der Waals surface area contributed by atoms with E-state index in [2.05, 4.69) is 15.6 Å². The summed E-state index contributed by atoms with van der Waals surface area (Å²) in [6.45, 7) is 2.32. The Balaban J connectivity index is 1.56. The Bertz CT molecular complexity index is 1570. The molecule has 7 nitrogen and oxygen atoms in total. The number of carbonyl (C=O) groups is 2. The highest BCUT2D eigenvalue weighted by Crippen LogP contribution is 2.25. The van der Waals surface area contributed by atoms with Crippen LogP contribution in [-0.2, 0) is 6.54 Å². The number of anilines is 2. The molecule has 37 heavy (non-hydrogen) atoms. The van der Waals surface area contributed by atoms with Crippen LogP contribution in [0.3, 0.4) is 0 Å². The van der Waals surface area contributed by atoms with Gasteiger partial charge in [0.05, 0.1) is 17.2 Å². The Morgan fingerprint density at radius 1 is 0.919 bits per heavy atom. The summed E-state index contributed by atoms with van der Waals surface area (Å²) in [7, 11) is 0. The number of aromatic nitrogens is 1. The van der Waals surface area contributed by atoms with Crippen molar-refractivity contribution in [2.45, 2.75) is 25.9 Å². The topological polar surface area (TPSA) is 92.6 Å². The van der Waals surface area contributed by atoms with E-state index in [-0.39, 0.29) is 17.5 Å². The molecular formula is C30H26N4O3. The second-order valence-electron chi connectivity index (χ2n) is 8.93. The molecule has 184 valence electrons. The van der Waals surface area contributed by atoms with Crippen LogP contribution in [0, 0.1) is 6.92 Å². The number of nitrogens with one attached hydrogen (secondary N) is 2. The first kappa shape index (κ1) is 23.9. The average molecular weight is 491 g/mol. The van der Waals surface area contributed by atoms with E-state index < -0.39 is 11.5 Å². The Morgan fingerprint density at radius 3 is 2.43 bits per heavy atom. The molecule has 1 unspecified atom stereocenters. The van der Waals surface area contributed by atoms with E-state index in [4.69, 9.17) is 0 Å². The maximum atomic E-state index is 13.6. The molecule has 2 N–H and O–H groups in total. The van der Waals surface area contributed by atoms with Gasteiger partial charge in [-0.05, 0) is 61.9 Å². The molecule has 2 heterocycles. The number of para-hydroxylation sites is 1. The SMILES string of the molecule is Cc1ccc(C(=O)Nc2cccc3c2cc(C(=O)Nc2ccccc2)c(=O)n3CCC2C=CC=N2)cc1. The van der Waals surface area contributed by atoms with E-state index in [1.54, 1.807) is 53.2 Å². The van der Waals surface area contributed by atoms with Crippen LogP contribution in [0.25, 0.3) is 10.9 Å². The minimum absolute atomic E-state index is 0.00106. The van der Waals surface area contributed by atoms with Crippen LogP contribution in [0.1, 0.15) is 32.7 Å². The summed E-state index contributed by atoms with van der Waals surface area (Å²) in [6, 6.07) is 23.2. The van der Waals surface area contributed by atoms with Gasteiger partial charge in [-0.25, -0.2) is 0 Å². The zero-order chi connectivity index (χ0) is 25.8. The molecule has 0 fully saturated rings. The van der Waals surface area contributed by atoms with Crippen molar-refractivity contribution >= 4 is 40.3 Å². The molecule has 1 aromatic heterocycles. The number of amides is 2. The van der Waals surface area contributed by atoms with Crippen molar-refractivity contribution in [1.82, 2.24) is 4.57 Å². The van der Waals surface area contributed by atoms with Crippen LogP contribution in [0.5, 0.6) is 0 Å². The Kier molecular flexibility index (Phi) is 6.76. The van der Waals surface area contributed by atoms with Crippen LogP contribution in [-0.4, -0.2) is 28.6 Å². The van der Waals surface area contributed by atoms with Crippen molar-refractivity contribution in [3.8, 4) is 0 Å². The number of hydrogen-bond acceptors (Lipinski definition) is 4. The minimum Gasteiger partial charge on any atom is -0.322 e. The van der Waals surface area contributed by atoms with Gasteiger partial charge >= 0.3 is 0 Å². The van der Waals surface area contributed by atoms with E-state index in [9.17, 15) is 14.4 Å². The predicted octanol–water partition coefficient (Wildman–Crippen LogP) is 5.21. The Labute approximate surface area is 214 Å². The molecule has 1 aliphatic heterocycles. The second kappa shape index (κ2) is 10.5. The summed E-state index contributed by atoms with van der Waals surface area (Å²) >= 11 is 0. The highest BCUT2D eigenvalue weighted by molar-refractivity contribution is 6.11. The molecule has 3 aromatic carbocycles. The Morgan fingerprint density at radius 2 is 1.70 bits per heavy atom. The third kappa shape index (κ3) is 5.26. The fourth-order valence-electron chi connectivity index (χ4n) is 4.33. The van der Waals surface area contributed by atoms with Gasteiger partial charge in [-0.1, -0.05) is 48.0 Å². The Hall–Kier alpha value is -4.78. The average Bonchev–Trinajstić information content (AvgIpc) is 3.43. The largest absolute Gasteiger partial charge is 0.322 e. The lowest BCUT2D eigenvalue weighted by Crippen LogP contribution is -2.30. The summed E-state index contributed by atoms with van der Waals surface area (Å²) in [6.07, 6.45) is 6.21. The molecule has 7 heteroatoms. The molecule has 0 radical (unpaired) electrons. The molecule has 4 aromatic rings. The number of fused-ring (bicyclic) bond motifs is 1. The molecule has 2 amide bonds. The van der Waals surface area contributed by atoms with Crippen LogP contribution in [0.15, 0.2) is 101 Å². The van der Waals surface area contributed by atoms with Crippen molar-refractivity contribution in [3.63, 3.8) is 0 Å². The number of allylic oxidation sites excluding steroid dienone is 1. The zero-order valence-electron chi connectivity index (χ0n) is 20.3. The van der Waals surface area contributed by atoms with Crippen molar-refractivity contribution in [1.29, 1.82) is 0 Å². The van der Waals surface area contributed by atoms with Crippen molar-refractivity contribution in [2.24, 2.45) is 4.99 Å². The van der Waals surface area contributed by atoms with Gasteiger partial charge < -0.3 is 15.2 Å². The fourth-order valence-corrected chi connectivity index (χ4v) is 4.33. The van der Waals surface area contributed by atoms with Crippen LogP contribution >= 0.6 is 0 Å². The number of nitrogens with zero attached hydrogens (tertiary/aromatic N) is 2. The fraction of sp³-hybridized carbons (Fsp3) is 0.133. The highest BCUT2D eigenvalue weighted by atomic mass is 16.2. The third-order valence-electron chi connectivity index (χ3n) is 6.32.